The topological polar surface area (TPSA) is 61.3 Å². The van der Waals surface area contributed by atoms with Crippen molar-refractivity contribution in [2.45, 2.75) is 91.0 Å². The van der Waals surface area contributed by atoms with Gasteiger partial charge in [-0.3, -0.25) is 14.8 Å². The molecule has 2 aromatic heterocycles. The van der Waals surface area contributed by atoms with E-state index in [-0.39, 0.29) is 10.1 Å². The smallest absolute Gasteiger partial charge is 0.192 e. The van der Waals surface area contributed by atoms with Crippen molar-refractivity contribution >= 4 is 60.7 Å². The van der Waals surface area contributed by atoms with Gasteiger partial charge in [-0.25, -0.2) is 0 Å². The van der Waals surface area contributed by atoms with Gasteiger partial charge in [0.15, 0.2) is 22.9 Å². The first-order chi connectivity index (χ1) is 18.9. The van der Waals surface area contributed by atoms with Crippen LogP contribution in [0.1, 0.15) is 63.0 Å². The summed E-state index contributed by atoms with van der Waals surface area (Å²) in [4.78, 5) is 19.9. The summed E-state index contributed by atoms with van der Waals surface area (Å²) in [7, 11) is -3.49. The fourth-order valence-electron chi connectivity index (χ4n) is 3.71. The van der Waals surface area contributed by atoms with Gasteiger partial charge in [-0.05, 0) is 99.7 Å². The number of hydrogen-bond acceptors (Lipinski definition) is 5. The first-order valence-electron chi connectivity index (χ1n) is 14.1. The number of carbonyl (C=O) groups excluding carboxylic acids is 1. The summed E-state index contributed by atoms with van der Waals surface area (Å²) in [5.74, 6) is 0. The number of rotatable bonds is 7. The van der Waals surface area contributed by atoms with Crippen LogP contribution >= 0.6 is 15.9 Å². The number of halogens is 1. The van der Waals surface area contributed by atoms with Gasteiger partial charge in [-0.15, -0.1) is 0 Å². The molecule has 0 spiro atoms. The third-order valence-electron chi connectivity index (χ3n) is 8.45. The Kier molecular flexibility index (Phi) is 10.5. The molecule has 5 nitrogen and oxygen atoms in total. The molecule has 2 heterocycles. The van der Waals surface area contributed by atoms with Crippen LogP contribution in [0.25, 0.3) is 21.8 Å². The lowest BCUT2D eigenvalue weighted by molar-refractivity contribution is 0.112. The molecule has 0 saturated heterocycles. The molecule has 220 valence electrons. The Morgan fingerprint density at radius 1 is 0.732 bits per heavy atom. The van der Waals surface area contributed by atoms with Crippen LogP contribution in [0.5, 0.6) is 0 Å². The van der Waals surface area contributed by atoms with Crippen LogP contribution in [-0.4, -0.2) is 32.9 Å². The van der Waals surface area contributed by atoms with Crippen molar-refractivity contribution in [1.82, 2.24) is 9.97 Å². The zero-order valence-electron chi connectivity index (χ0n) is 26.3. The third-order valence-corrected chi connectivity index (χ3v) is 18.0. The van der Waals surface area contributed by atoms with Crippen molar-refractivity contribution in [2.75, 3.05) is 0 Å². The molecular weight excluding hydrogens is 608 g/mol. The van der Waals surface area contributed by atoms with E-state index in [1.54, 1.807) is 6.20 Å². The lowest BCUT2D eigenvalue weighted by Gasteiger charge is -2.36. The van der Waals surface area contributed by atoms with E-state index in [1.807, 2.05) is 30.5 Å². The largest absolute Gasteiger partial charge is 0.413 e. The second kappa shape index (κ2) is 13.0. The molecule has 0 unspecified atom stereocenters. The van der Waals surface area contributed by atoms with Gasteiger partial charge >= 0.3 is 0 Å². The molecule has 0 amide bonds. The second-order valence-electron chi connectivity index (χ2n) is 13.6. The molecule has 8 heteroatoms. The van der Waals surface area contributed by atoms with Gasteiger partial charge in [0.05, 0.1) is 24.2 Å². The van der Waals surface area contributed by atoms with Crippen LogP contribution in [0.4, 0.5) is 0 Å². The van der Waals surface area contributed by atoms with Crippen LogP contribution < -0.4 is 0 Å². The Bertz CT molecular complexity index is 1510. The maximum atomic E-state index is 11.3. The number of aromatic nitrogens is 2. The minimum absolute atomic E-state index is 0.179. The van der Waals surface area contributed by atoms with E-state index in [2.05, 4.69) is 118 Å². The SMILES string of the molecule is CC(C)(C)[Si](C)(C)OCc1cc(Br)c2ncccc2c1.CC(C)(C)[Si](C)(C)OCc1cc(C=O)c2ncccc2c1. The maximum Gasteiger partial charge on any atom is 0.192 e. The number of fused-ring (bicyclic) bond motifs is 2. The molecule has 4 rings (SSSR count). The second-order valence-corrected chi connectivity index (χ2v) is 24.1. The van der Waals surface area contributed by atoms with Gasteiger partial charge in [-0.2, -0.15) is 0 Å². The molecule has 0 saturated carbocycles. The summed E-state index contributed by atoms with van der Waals surface area (Å²) in [5.41, 5.74) is 4.61. The Hall–Kier alpha value is -2.24. The highest BCUT2D eigenvalue weighted by molar-refractivity contribution is 9.10. The summed E-state index contributed by atoms with van der Waals surface area (Å²) in [5, 5.41) is 2.55. The number of carbonyl (C=O) groups is 1. The van der Waals surface area contributed by atoms with E-state index in [0.29, 0.717) is 18.8 Å². The summed E-state index contributed by atoms with van der Waals surface area (Å²) in [6.07, 6.45) is 4.39. The van der Waals surface area contributed by atoms with Gasteiger partial charge in [0.1, 0.15) is 0 Å². The number of benzene rings is 2. The average Bonchev–Trinajstić information content (AvgIpc) is 2.89. The summed E-state index contributed by atoms with van der Waals surface area (Å²) < 4.78 is 13.5. The normalized spacial score (nSPS) is 12.8. The molecule has 2 aromatic carbocycles. The minimum Gasteiger partial charge on any atom is -0.413 e. The molecule has 0 N–H and O–H groups in total. The standard InChI is InChI=1S/C17H23NO2Si.C16H22BrNOSi/c1-17(2,3)21(4,5)20-12-13-9-14-7-6-8-18-16(14)15(10-13)11-19;1-16(2,3)20(4,5)19-11-12-9-13-7-6-8-18-15(13)14(17)10-12/h6-11H,12H2,1-5H3;6-10H,11H2,1-5H3. The number of pyridine rings is 2. The van der Waals surface area contributed by atoms with Crippen molar-refractivity contribution in [3.05, 3.63) is 82.1 Å². The number of nitrogens with zero attached hydrogens (tertiary/aromatic N) is 2. The van der Waals surface area contributed by atoms with Gasteiger partial charge in [0, 0.05) is 33.2 Å². The Morgan fingerprint density at radius 2 is 1.17 bits per heavy atom. The highest BCUT2D eigenvalue weighted by atomic mass is 79.9. The molecule has 0 aliphatic rings. The average molecular weight is 654 g/mol. The van der Waals surface area contributed by atoms with Gasteiger partial charge in [0.2, 0.25) is 0 Å². The van der Waals surface area contributed by atoms with Crippen LogP contribution in [0, 0.1) is 0 Å². The molecule has 0 aliphatic carbocycles. The van der Waals surface area contributed by atoms with Crippen molar-refractivity contribution < 1.29 is 13.6 Å². The predicted octanol–water partition coefficient (Wildman–Crippen LogP) is 10.1. The zero-order valence-corrected chi connectivity index (χ0v) is 29.8. The fourth-order valence-corrected chi connectivity index (χ4v) is 6.25. The molecule has 0 fully saturated rings. The van der Waals surface area contributed by atoms with E-state index < -0.39 is 16.6 Å². The molecule has 4 aromatic rings. The van der Waals surface area contributed by atoms with Crippen LogP contribution in [0.15, 0.2) is 65.4 Å². The lowest BCUT2D eigenvalue weighted by Crippen LogP contribution is -2.40. The zero-order chi connectivity index (χ0) is 30.6. The van der Waals surface area contributed by atoms with Crippen molar-refractivity contribution in [1.29, 1.82) is 0 Å². The van der Waals surface area contributed by atoms with Gasteiger partial charge in [-0.1, -0.05) is 53.7 Å². The van der Waals surface area contributed by atoms with Gasteiger partial charge < -0.3 is 8.85 Å². The highest BCUT2D eigenvalue weighted by Crippen LogP contribution is 2.38. The third kappa shape index (κ3) is 8.41. The quantitative estimate of drug-likeness (QED) is 0.147. The van der Waals surface area contributed by atoms with E-state index in [9.17, 15) is 4.79 Å². The monoisotopic (exact) mass is 652 g/mol. The lowest BCUT2D eigenvalue weighted by atomic mass is 10.1. The van der Waals surface area contributed by atoms with Crippen molar-refractivity contribution in [3.63, 3.8) is 0 Å². The fraction of sp³-hybridized carbons (Fsp3) is 0.424. The highest BCUT2D eigenvalue weighted by Gasteiger charge is 2.37. The number of hydrogen-bond donors (Lipinski definition) is 0. The predicted molar refractivity (Wildman–Crippen MR) is 181 cm³/mol. The minimum atomic E-state index is -1.79. The molecule has 0 radical (unpaired) electrons. The van der Waals surface area contributed by atoms with E-state index in [0.717, 1.165) is 38.1 Å². The van der Waals surface area contributed by atoms with E-state index in [1.165, 1.54) is 5.56 Å². The van der Waals surface area contributed by atoms with Crippen molar-refractivity contribution in [3.8, 4) is 0 Å². The first kappa shape index (κ1) is 33.3. The van der Waals surface area contributed by atoms with E-state index >= 15 is 0 Å². The number of aldehydes is 1. The Balaban J connectivity index is 0.000000226. The molecule has 41 heavy (non-hydrogen) atoms. The summed E-state index contributed by atoms with van der Waals surface area (Å²) in [6.45, 7) is 23.7. The van der Waals surface area contributed by atoms with Crippen LogP contribution in [0.2, 0.25) is 36.3 Å². The molecule has 0 aliphatic heterocycles. The molecular formula is C33H45BrN2O3Si2. The van der Waals surface area contributed by atoms with Gasteiger partial charge in [0.25, 0.3) is 0 Å². The Labute approximate surface area is 256 Å². The first-order valence-corrected chi connectivity index (χ1v) is 20.7. The Morgan fingerprint density at radius 3 is 1.63 bits per heavy atom. The van der Waals surface area contributed by atoms with E-state index in [4.69, 9.17) is 8.85 Å². The summed E-state index contributed by atoms with van der Waals surface area (Å²) >= 11 is 3.60. The molecule has 0 bridgehead atoms. The van der Waals surface area contributed by atoms with Crippen LogP contribution in [-0.2, 0) is 22.1 Å². The van der Waals surface area contributed by atoms with Crippen LogP contribution in [0.3, 0.4) is 0 Å². The van der Waals surface area contributed by atoms with Crippen molar-refractivity contribution in [2.24, 2.45) is 0 Å². The maximum absolute atomic E-state index is 11.3. The summed E-state index contributed by atoms with van der Waals surface area (Å²) in [6, 6.07) is 16.1. The molecule has 0 atom stereocenters.